The summed E-state index contributed by atoms with van der Waals surface area (Å²) in [4.78, 5) is 25.6. The number of likely N-dealkylation sites (tertiary alicyclic amines) is 1. The minimum absolute atomic E-state index is 0.0192. The Balaban J connectivity index is 1.58. The summed E-state index contributed by atoms with van der Waals surface area (Å²) in [5.41, 5.74) is 1.79. The fourth-order valence-corrected chi connectivity index (χ4v) is 3.19. The van der Waals surface area contributed by atoms with Gasteiger partial charge in [0.1, 0.15) is 0 Å². The van der Waals surface area contributed by atoms with Gasteiger partial charge in [-0.1, -0.05) is 25.0 Å². The van der Waals surface area contributed by atoms with Crippen molar-refractivity contribution < 1.29 is 9.59 Å². The lowest BCUT2D eigenvalue weighted by atomic mass is 10.1. The van der Waals surface area contributed by atoms with Crippen LogP contribution in [0.4, 0.5) is 0 Å². The van der Waals surface area contributed by atoms with E-state index in [-0.39, 0.29) is 11.8 Å². The Bertz CT molecular complexity index is 518. The van der Waals surface area contributed by atoms with E-state index < -0.39 is 0 Å². The minimum Gasteiger partial charge on any atom is -0.349 e. The van der Waals surface area contributed by atoms with Crippen molar-refractivity contribution in [2.45, 2.75) is 51.1 Å². The number of rotatable bonds is 4. The molecule has 1 aromatic carbocycles. The first kappa shape index (κ1) is 14.1. The van der Waals surface area contributed by atoms with Gasteiger partial charge in [-0.05, 0) is 37.0 Å². The number of carbonyl (C=O) groups is 2. The normalized spacial score (nSPS) is 19.2. The number of amides is 2. The van der Waals surface area contributed by atoms with Gasteiger partial charge in [-0.2, -0.15) is 0 Å². The fourth-order valence-electron chi connectivity index (χ4n) is 3.19. The monoisotopic (exact) mass is 286 g/mol. The first-order valence-electron chi connectivity index (χ1n) is 7.90. The molecule has 1 aromatic rings. The summed E-state index contributed by atoms with van der Waals surface area (Å²) in [6, 6.07) is 7.98. The van der Waals surface area contributed by atoms with E-state index in [2.05, 4.69) is 5.32 Å². The molecule has 1 saturated heterocycles. The quantitative estimate of drug-likeness (QED) is 0.924. The molecule has 2 aliphatic rings. The molecule has 4 nitrogen and oxygen atoms in total. The average Bonchev–Trinajstić information content (AvgIpc) is 3.12. The molecule has 0 spiro atoms. The van der Waals surface area contributed by atoms with Crippen LogP contribution in [0.1, 0.15) is 54.4 Å². The lowest BCUT2D eigenvalue weighted by Gasteiger charge is -2.16. The Morgan fingerprint density at radius 2 is 1.86 bits per heavy atom. The molecule has 1 saturated carbocycles. The molecular weight excluding hydrogens is 264 g/mol. The molecule has 112 valence electrons. The van der Waals surface area contributed by atoms with Crippen molar-refractivity contribution in [1.29, 1.82) is 0 Å². The van der Waals surface area contributed by atoms with Crippen LogP contribution in [0.25, 0.3) is 0 Å². The molecule has 1 aliphatic heterocycles. The molecule has 21 heavy (non-hydrogen) atoms. The summed E-state index contributed by atoms with van der Waals surface area (Å²) in [5, 5.41) is 3.09. The molecule has 0 unspecified atom stereocenters. The summed E-state index contributed by atoms with van der Waals surface area (Å²) in [7, 11) is 0. The van der Waals surface area contributed by atoms with Gasteiger partial charge < -0.3 is 10.2 Å². The van der Waals surface area contributed by atoms with Gasteiger partial charge in [0, 0.05) is 31.1 Å². The summed E-state index contributed by atoms with van der Waals surface area (Å²) < 4.78 is 0. The smallest absolute Gasteiger partial charge is 0.251 e. The van der Waals surface area contributed by atoms with Crippen molar-refractivity contribution in [2.24, 2.45) is 0 Å². The van der Waals surface area contributed by atoms with Crippen LogP contribution in [0.3, 0.4) is 0 Å². The number of carbonyl (C=O) groups excluding carboxylic acids is 2. The van der Waals surface area contributed by atoms with Gasteiger partial charge in [-0.3, -0.25) is 9.59 Å². The zero-order valence-corrected chi connectivity index (χ0v) is 12.3. The largest absolute Gasteiger partial charge is 0.349 e. The van der Waals surface area contributed by atoms with Crippen molar-refractivity contribution in [2.75, 3.05) is 6.54 Å². The highest BCUT2D eigenvalue weighted by Gasteiger charge is 2.20. The summed E-state index contributed by atoms with van der Waals surface area (Å²) in [6.45, 7) is 1.51. The zero-order valence-electron chi connectivity index (χ0n) is 12.3. The van der Waals surface area contributed by atoms with Crippen LogP contribution in [0.2, 0.25) is 0 Å². The Hall–Kier alpha value is -1.84. The topological polar surface area (TPSA) is 49.4 Å². The number of nitrogens with zero attached hydrogens (tertiary/aromatic N) is 1. The molecule has 3 rings (SSSR count). The molecule has 2 amide bonds. The van der Waals surface area contributed by atoms with E-state index in [4.69, 9.17) is 0 Å². The van der Waals surface area contributed by atoms with E-state index in [1.807, 2.05) is 29.2 Å². The second-order valence-electron chi connectivity index (χ2n) is 6.07. The third-order valence-electron chi connectivity index (χ3n) is 4.45. The summed E-state index contributed by atoms with van der Waals surface area (Å²) in [6.07, 6.45) is 6.26. The maximum atomic E-state index is 12.1. The van der Waals surface area contributed by atoms with Crippen LogP contribution < -0.4 is 5.32 Å². The first-order valence-corrected chi connectivity index (χ1v) is 7.90. The van der Waals surface area contributed by atoms with Crippen molar-refractivity contribution >= 4 is 11.8 Å². The summed E-state index contributed by atoms with van der Waals surface area (Å²) >= 11 is 0. The lowest BCUT2D eigenvalue weighted by Crippen LogP contribution is -2.32. The third-order valence-corrected chi connectivity index (χ3v) is 4.45. The van der Waals surface area contributed by atoms with Crippen LogP contribution in [0, 0.1) is 0 Å². The van der Waals surface area contributed by atoms with Gasteiger partial charge in [-0.25, -0.2) is 0 Å². The molecule has 0 radical (unpaired) electrons. The molecule has 0 bridgehead atoms. The second kappa shape index (κ2) is 6.29. The number of hydrogen-bond acceptors (Lipinski definition) is 2. The summed E-state index contributed by atoms with van der Waals surface area (Å²) in [5.74, 6) is 0.253. The number of nitrogens with one attached hydrogen (secondary N) is 1. The molecular formula is C17H22N2O2. The van der Waals surface area contributed by atoms with Crippen LogP contribution >= 0.6 is 0 Å². The highest BCUT2D eigenvalue weighted by atomic mass is 16.2. The van der Waals surface area contributed by atoms with Gasteiger partial charge >= 0.3 is 0 Å². The third kappa shape index (κ3) is 3.43. The van der Waals surface area contributed by atoms with Crippen molar-refractivity contribution in [1.82, 2.24) is 10.2 Å². The highest BCUT2D eigenvalue weighted by Crippen LogP contribution is 2.18. The Labute approximate surface area is 125 Å². The minimum atomic E-state index is 0.0192. The molecule has 2 fully saturated rings. The molecule has 1 aliphatic carbocycles. The Kier molecular flexibility index (Phi) is 4.23. The second-order valence-corrected chi connectivity index (χ2v) is 6.07. The van der Waals surface area contributed by atoms with Crippen LogP contribution in [0.15, 0.2) is 24.3 Å². The molecule has 1 heterocycles. The Morgan fingerprint density at radius 1 is 1.14 bits per heavy atom. The first-order chi connectivity index (χ1) is 10.2. The molecule has 1 N–H and O–H groups in total. The van der Waals surface area contributed by atoms with Gasteiger partial charge in [0.15, 0.2) is 0 Å². The van der Waals surface area contributed by atoms with Gasteiger partial charge in [0.05, 0.1) is 0 Å². The molecule has 0 aromatic heterocycles. The van der Waals surface area contributed by atoms with Crippen LogP contribution in [-0.4, -0.2) is 29.3 Å². The molecule has 0 atom stereocenters. The van der Waals surface area contributed by atoms with Gasteiger partial charge in [-0.15, -0.1) is 0 Å². The van der Waals surface area contributed by atoms with E-state index in [0.29, 0.717) is 24.6 Å². The maximum Gasteiger partial charge on any atom is 0.251 e. The van der Waals surface area contributed by atoms with Gasteiger partial charge in [0.2, 0.25) is 5.91 Å². The highest BCUT2D eigenvalue weighted by molar-refractivity contribution is 5.94. The number of benzene rings is 1. The maximum absolute atomic E-state index is 12.1. The van der Waals surface area contributed by atoms with Crippen molar-refractivity contribution in [3.63, 3.8) is 0 Å². The van der Waals surface area contributed by atoms with Crippen LogP contribution in [-0.2, 0) is 11.3 Å². The van der Waals surface area contributed by atoms with E-state index in [0.717, 1.165) is 31.4 Å². The predicted octanol–water partition coefficient (Wildman–Crippen LogP) is 2.48. The van der Waals surface area contributed by atoms with E-state index >= 15 is 0 Å². The van der Waals surface area contributed by atoms with E-state index in [1.165, 1.54) is 12.8 Å². The zero-order chi connectivity index (χ0) is 14.7. The Morgan fingerprint density at radius 3 is 2.48 bits per heavy atom. The number of hydrogen-bond donors (Lipinski definition) is 1. The average molecular weight is 286 g/mol. The van der Waals surface area contributed by atoms with E-state index in [9.17, 15) is 9.59 Å². The van der Waals surface area contributed by atoms with Crippen LogP contribution in [0.5, 0.6) is 0 Å². The van der Waals surface area contributed by atoms with Crippen molar-refractivity contribution in [3.8, 4) is 0 Å². The predicted molar refractivity (Wildman–Crippen MR) is 80.8 cm³/mol. The molecule has 4 heteroatoms. The standard InChI is InChI=1S/C17H22N2O2/c20-16-6-3-11-19(16)12-13-7-9-14(10-8-13)17(21)18-15-4-1-2-5-15/h7-10,15H,1-6,11-12H2,(H,18,21). The SMILES string of the molecule is O=C(NC1CCCC1)c1ccc(CN2CCCC2=O)cc1. The lowest BCUT2D eigenvalue weighted by molar-refractivity contribution is -0.128. The van der Waals surface area contributed by atoms with E-state index in [1.54, 1.807) is 0 Å². The fraction of sp³-hybridized carbons (Fsp3) is 0.529. The van der Waals surface area contributed by atoms with Crippen molar-refractivity contribution in [3.05, 3.63) is 35.4 Å². The van der Waals surface area contributed by atoms with Gasteiger partial charge in [0.25, 0.3) is 5.91 Å².